The van der Waals surface area contributed by atoms with E-state index >= 15 is 0 Å². The second-order valence-electron chi connectivity index (χ2n) is 4.92. The second-order valence-corrected chi connectivity index (χ2v) is 4.92. The normalized spacial score (nSPS) is 12.7. The Morgan fingerprint density at radius 1 is 1.22 bits per heavy atom. The van der Waals surface area contributed by atoms with Crippen molar-refractivity contribution in [2.24, 2.45) is 5.92 Å². The lowest BCUT2D eigenvalue weighted by atomic mass is 10.2. The van der Waals surface area contributed by atoms with Gasteiger partial charge in [-0.3, -0.25) is 0 Å². The summed E-state index contributed by atoms with van der Waals surface area (Å²) in [5.41, 5.74) is 0. The van der Waals surface area contributed by atoms with Gasteiger partial charge in [0.1, 0.15) is 6.61 Å². The molecular formula is C12H25F3N2O. The summed E-state index contributed by atoms with van der Waals surface area (Å²) in [6.45, 7) is 6.84. The van der Waals surface area contributed by atoms with Crippen LogP contribution in [0.25, 0.3) is 0 Å². The number of hydrogen-bond acceptors (Lipinski definition) is 3. The number of halogens is 3. The van der Waals surface area contributed by atoms with E-state index in [-0.39, 0.29) is 6.61 Å². The van der Waals surface area contributed by atoms with Gasteiger partial charge in [-0.25, -0.2) is 0 Å². The fraction of sp³-hybridized carbons (Fsp3) is 1.00. The fourth-order valence-electron chi connectivity index (χ4n) is 1.40. The van der Waals surface area contributed by atoms with Crippen molar-refractivity contribution in [1.82, 2.24) is 10.2 Å². The highest BCUT2D eigenvalue weighted by molar-refractivity contribution is 4.57. The zero-order valence-corrected chi connectivity index (χ0v) is 11.5. The molecule has 1 N–H and O–H groups in total. The van der Waals surface area contributed by atoms with E-state index in [2.05, 4.69) is 28.8 Å². The minimum atomic E-state index is -4.22. The van der Waals surface area contributed by atoms with Crippen LogP contribution >= 0.6 is 0 Å². The number of likely N-dealkylation sites (N-methyl/N-ethyl adjacent to an activating group) is 1. The SMILES string of the molecule is CC(C)CNCCN(C)CCCOCC(F)(F)F. The van der Waals surface area contributed by atoms with Crippen LogP contribution in [0.2, 0.25) is 0 Å². The van der Waals surface area contributed by atoms with Gasteiger partial charge in [0, 0.05) is 26.2 Å². The van der Waals surface area contributed by atoms with E-state index in [9.17, 15) is 13.2 Å². The van der Waals surface area contributed by atoms with Crippen molar-refractivity contribution in [2.75, 3.05) is 46.4 Å². The summed E-state index contributed by atoms with van der Waals surface area (Å²) >= 11 is 0. The van der Waals surface area contributed by atoms with Crippen LogP contribution in [0.5, 0.6) is 0 Å². The lowest BCUT2D eigenvalue weighted by Gasteiger charge is -2.17. The fourth-order valence-corrected chi connectivity index (χ4v) is 1.40. The van der Waals surface area contributed by atoms with Crippen LogP contribution in [-0.4, -0.2) is 57.5 Å². The van der Waals surface area contributed by atoms with Crippen LogP contribution in [0.3, 0.4) is 0 Å². The predicted octanol–water partition coefficient (Wildman–Crippen LogP) is 2.13. The molecule has 0 saturated carbocycles. The smallest absolute Gasteiger partial charge is 0.372 e. The van der Waals surface area contributed by atoms with E-state index in [1.165, 1.54) is 0 Å². The minimum Gasteiger partial charge on any atom is -0.372 e. The molecule has 0 atom stereocenters. The number of rotatable bonds is 10. The van der Waals surface area contributed by atoms with E-state index < -0.39 is 12.8 Å². The van der Waals surface area contributed by atoms with Gasteiger partial charge < -0.3 is 15.0 Å². The molecule has 0 aromatic heterocycles. The molecular weight excluding hydrogens is 245 g/mol. The number of ether oxygens (including phenoxy) is 1. The summed E-state index contributed by atoms with van der Waals surface area (Å²) in [5.74, 6) is 0.631. The van der Waals surface area contributed by atoms with Crippen molar-refractivity contribution in [3.8, 4) is 0 Å². The van der Waals surface area contributed by atoms with Crippen LogP contribution in [-0.2, 0) is 4.74 Å². The predicted molar refractivity (Wildman–Crippen MR) is 66.7 cm³/mol. The minimum absolute atomic E-state index is 0.156. The molecule has 0 heterocycles. The lowest BCUT2D eigenvalue weighted by molar-refractivity contribution is -0.174. The second kappa shape index (κ2) is 9.58. The Balaban J connectivity index is 3.29. The molecule has 0 aromatic rings. The Labute approximate surface area is 108 Å². The largest absolute Gasteiger partial charge is 0.411 e. The van der Waals surface area contributed by atoms with Gasteiger partial charge >= 0.3 is 6.18 Å². The number of nitrogens with one attached hydrogen (secondary N) is 1. The third-order valence-electron chi connectivity index (χ3n) is 2.32. The maximum atomic E-state index is 11.8. The Kier molecular flexibility index (Phi) is 9.40. The van der Waals surface area contributed by atoms with Gasteiger partial charge in [0.15, 0.2) is 0 Å². The van der Waals surface area contributed by atoms with E-state index in [4.69, 9.17) is 0 Å². The van der Waals surface area contributed by atoms with Crippen LogP contribution in [0, 0.1) is 5.92 Å². The van der Waals surface area contributed by atoms with Gasteiger partial charge in [0.25, 0.3) is 0 Å². The van der Waals surface area contributed by atoms with E-state index in [0.717, 1.165) is 26.2 Å². The molecule has 18 heavy (non-hydrogen) atoms. The standard InChI is InChI=1S/C12H25F3N2O/c1-11(2)9-16-5-7-17(3)6-4-8-18-10-12(13,14)15/h11,16H,4-10H2,1-3H3. The lowest BCUT2D eigenvalue weighted by Crippen LogP contribution is -2.32. The molecule has 0 spiro atoms. The summed E-state index contributed by atoms with van der Waals surface area (Å²) in [4.78, 5) is 2.09. The first-order valence-corrected chi connectivity index (χ1v) is 6.35. The van der Waals surface area contributed by atoms with E-state index in [0.29, 0.717) is 12.3 Å². The Morgan fingerprint density at radius 2 is 1.89 bits per heavy atom. The molecule has 0 radical (unpaired) electrons. The highest BCUT2D eigenvalue weighted by atomic mass is 19.4. The number of alkyl halides is 3. The third kappa shape index (κ3) is 13.7. The quantitative estimate of drug-likeness (QED) is 0.616. The summed E-state index contributed by atoms with van der Waals surface area (Å²) in [6, 6.07) is 0. The third-order valence-corrected chi connectivity index (χ3v) is 2.32. The van der Waals surface area contributed by atoms with E-state index in [1.54, 1.807) is 0 Å². The maximum absolute atomic E-state index is 11.8. The van der Waals surface area contributed by atoms with Crippen LogP contribution in [0.15, 0.2) is 0 Å². The molecule has 0 bridgehead atoms. The maximum Gasteiger partial charge on any atom is 0.411 e. The molecule has 0 saturated heterocycles. The van der Waals surface area contributed by atoms with Gasteiger partial charge in [0.05, 0.1) is 0 Å². The first-order valence-electron chi connectivity index (χ1n) is 6.35. The molecule has 0 rings (SSSR count). The zero-order chi connectivity index (χ0) is 14.0. The molecule has 0 amide bonds. The molecule has 6 heteroatoms. The van der Waals surface area contributed by atoms with Gasteiger partial charge in [-0.2, -0.15) is 13.2 Å². The topological polar surface area (TPSA) is 24.5 Å². The van der Waals surface area contributed by atoms with Gasteiger partial charge in [-0.05, 0) is 25.9 Å². The molecule has 110 valence electrons. The Hall–Kier alpha value is -0.330. The van der Waals surface area contributed by atoms with Crippen molar-refractivity contribution >= 4 is 0 Å². The number of hydrogen-bond donors (Lipinski definition) is 1. The number of nitrogens with zero attached hydrogens (tertiary/aromatic N) is 1. The molecule has 0 aliphatic carbocycles. The van der Waals surface area contributed by atoms with Crippen LogP contribution < -0.4 is 5.32 Å². The van der Waals surface area contributed by atoms with Crippen LogP contribution in [0.4, 0.5) is 13.2 Å². The summed E-state index contributed by atoms with van der Waals surface area (Å²) in [6.07, 6.45) is -3.59. The monoisotopic (exact) mass is 270 g/mol. The molecule has 0 fully saturated rings. The molecule has 3 nitrogen and oxygen atoms in total. The first kappa shape index (κ1) is 17.7. The molecule has 0 unspecified atom stereocenters. The van der Waals surface area contributed by atoms with Crippen molar-refractivity contribution < 1.29 is 17.9 Å². The van der Waals surface area contributed by atoms with Crippen molar-refractivity contribution in [2.45, 2.75) is 26.4 Å². The highest BCUT2D eigenvalue weighted by Gasteiger charge is 2.27. The summed E-state index contributed by atoms with van der Waals surface area (Å²) in [7, 11) is 1.96. The molecule has 0 aliphatic rings. The first-order chi connectivity index (χ1) is 8.31. The zero-order valence-electron chi connectivity index (χ0n) is 11.5. The Morgan fingerprint density at radius 3 is 2.44 bits per heavy atom. The van der Waals surface area contributed by atoms with E-state index in [1.807, 2.05) is 7.05 Å². The van der Waals surface area contributed by atoms with Gasteiger partial charge in [0.2, 0.25) is 0 Å². The molecule has 0 aromatic carbocycles. The van der Waals surface area contributed by atoms with Gasteiger partial charge in [-0.1, -0.05) is 13.8 Å². The average molecular weight is 270 g/mol. The van der Waals surface area contributed by atoms with Crippen LogP contribution in [0.1, 0.15) is 20.3 Å². The summed E-state index contributed by atoms with van der Waals surface area (Å²) in [5, 5.41) is 3.32. The van der Waals surface area contributed by atoms with Gasteiger partial charge in [-0.15, -0.1) is 0 Å². The van der Waals surface area contributed by atoms with Crippen molar-refractivity contribution in [1.29, 1.82) is 0 Å². The Bertz CT molecular complexity index is 198. The van der Waals surface area contributed by atoms with Crippen molar-refractivity contribution in [3.05, 3.63) is 0 Å². The molecule has 0 aliphatic heterocycles. The average Bonchev–Trinajstić information content (AvgIpc) is 2.22. The summed E-state index contributed by atoms with van der Waals surface area (Å²) < 4.78 is 39.8. The van der Waals surface area contributed by atoms with Crippen molar-refractivity contribution in [3.63, 3.8) is 0 Å². The highest BCUT2D eigenvalue weighted by Crippen LogP contribution is 2.14.